The van der Waals surface area contributed by atoms with Gasteiger partial charge in [-0.3, -0.25) is 4.72 Å². The number of carbonyl (C=O) groups is 1. The minimum absolute atomic E-state index is 0.0309. The van der Waals surface area contributed by atoms with Gasteiger partial charge in [0.15, 0.2) is 0 Å². The average Bonchev–Trinajstić information content (AvgIpc) is 2.81. The molecule has 0 radical (unpaired) electrons. The van der Waals surface area contributed by atoms with Crippen LogP contribution in [-0.4, -0.2) is 19.5 Å². The smallest absolute Gasteiger partial charge is 0.335 e. The van der Waals surface area contributed by atoms with Crippen LogP contribution < -0.4 is 9.83 Å². The van der Waals surface area contributed by atoms with Crippen LogP contribution in [0.15, 0.2) is 39.9 Å². The van der Waals surface area contributed by atoms with Crippen LogP contribution in [-0.2, 0) is 10.0 Å². The van der Waals surface area contributed by atoms with Crippen molar-refractivity contribution in [3.63, 3.8) is 0 Å². The van der Waals surface area contributed by atoms with Gasteiger partial charge in [-0.15, -0.1) is 11.3 Å². The van der Waals surface area contributed by atoms with E-state index in [-0.39, 0.29) is 9.90 Å². The van der Waals surface area contributed by atoms with Crippen LogP contribution in [0.25, 0.3) is 0 Å². The van der Waals surface area contributed by atoms with Crippen molar-refractivity contribution in [2.75, 3.05) is 4.72 Å². The Morgan fingerprint density at radius 2 is 2.05 bits per heavy atom. The molecule has 0 aliphatic rings. The second kappa shape index (κ2) is 4.90. The summed E-state index contributed by atoms with van der Waals surface area (Å²) in [5.74, 6) is -2.10. The van der Waals surface area contributed by atoms with Crippen molar-refractivity contribution < 1.29 is 23.4 Å². The van der Waals surface area contributed by atoms with E-state index in [2.05, 4.69) is 4.72 Å². The Bertz CT molecular complexity index is 707. The van der Waals surface area contributed by atoms with Gasteiger partial charge in [0.05, 0.1) is 5.56 Å². The number of hydrogen-bond acceptors (Lipinski definition) is 5. The third kappa shape index (κ3) is 2.85. The highest BCUT2D eigenvalue weighted by Crippen LogP contribution is 2.23. The third-order valence-corrected chi connectivity index (χ3v) is 5.00. The molecular weight excluding hydrogens is 290 g/mol. The molecule has 8 heteroatoms. The highest BCUT2D eigenvalue weighted by molar-refractivity contribution is 7.94. The van der Waals surface area contributed by atoms with Gasteiger partial charge < -0.3 is 10.2 Å². The maximum Gasteiger partial charge on any atom is 0.335 e. The maximum atomic E-state index is 11.9. The number of anilines is 1. The molecule has 0 unspecified atom stereocenters. The van der Waals surface area contributed by atoms with Gasteiger partial charge in [-0.2, -0.15) is 0 Å². The van der Waals surface area contributed by atoms with Crippen LogP contribution in [0.4, 0.5) is 5.69 Å². The summed E-state index contributed by atoms with van der Waals surface area (Å²) in [6, 6.07) is 6.25. The van der Waals surface area contributed by atoms with Gasteiger partial charge >= 0.3 is 5.97 Å². The largest absolute Gasteiger partial charge is 0.872 e. The molecule has 100 valence electrons. The molecule has 0 aliphatic heterocycles. The van der Waals surface area contributed by atoms with Crippen LogP contribution in [0.1, 0.15) is 10.4 Å². The van der Waals surface area contributed by atoms with E-state index in [9.17, 15) is 18.3 Å². The van der Waals surface area contributed by atoms with E-state index in [1.54, 1.807) is 11.4 Å². The van der Waals surface area contributed by atoms with Crippen molar-refractivity contribution in [2.45, 2.75) is 4.21 Å². The number of hydrogen-bond donors (Lipinski definition) is 2. The summed E-state index contributed by atoms with van der Waals surface area (Å²) in [7, 11) is -3.74. The standard InChI is InChI=1S/C11H9NO5S2/c13-9-6-7(3-4-8(9)11(14)15)12-19(16,17)10-2-1-5-18-10/h1-6,12-13H,(H,14,15)/p-1. The predicted molar refractivity (Wildman–Crippen MR) is 68.0 cm³/mol. The van der Waals surface area contributed by atoms with E-state index >= 15 is 0 Å². The first-order chi connectivity index (χ1) is 8.90. The number of benzene rings is 1. The molecule has 0 bridgehead atoms. The highest BCUT2D eigenvalue weighted by Gasteiger charge is 2.15. The molecule has 0 spiro atoms. The summed E-state index contributed by atoms with van der Waals surface area (Å²) in [6.07, 6.45) is 0. The molecule has 6 nitrogen and oxygen atoms in total. The first kappa shape index (κ1) is 13.4. The van der Waals surface area contributed by atoms with E-state index < -0.39 is 27.3 Å². The number of aromatic carboxylic acids is 1. The summed E-state index contributed by atoms with van der Waals surface area (Å²) in [6.45, 7) is 0. The van der Waals surface area contributed by atoms with Crippen LogP contribution in [0.2, 0.25) is 0 Å². The Morgan fingerprint density at radius 1 is 1.32 bits per heavy atom. The molecule has 1 aromatic heterocycles. The molecule has 0 saturated carbocycles. The summed E-state index contributed by atoms with van der Waals surface area (Å²) in [5, 5.41) is 21.8. The van der Waals surface area contributed by atoms with Crippen molar-refractivity contribution in [1.29, 1.82) is 0 Å². The summed E-state index contributed by atoms with van der Waals surface area (Å²) in [5.41, 5.74) is -0.373. The van der Waals surface area contributed by atoms with E-state index in [0.717, 1.165) is 23.5 Å². The number of sulfonamides is 1. The fourth-order valence-electron chi connectivity index (χ4n) is 1.38. The predicted octanol–water partition coefficient (Wildman–Crippen LogP) is 1.32. The quantitative estimate of drug-likeness (QED) is 0.885. The molecule has 2 N–H and O–H groups in total. The maximum absolute atomic E-state index is 11.9. The first-order valence-electron chi connectivity index (χ1n) is 5.01. The van der Waals surface area contributed by atoms with Crippen molar-refractivity contribution in [3.05, 3.63) is 41.3 Å². The lowest BCUT2D eigenvalue weighted by molar-refractivity contribution is -0.268. The number of rotatable bonds is 4. The number of thiophene rings is 1. The van der Waals surface area contributed by atoms with Gasteiger partial charge in [0, 0.05) is 5.69 Å². The topological polar surface area (TPSA) is 107 Å². The van der Waals surface area contributed by atoms with Crippen LogP contribution in [0, 0.1) is 0 Å². The van der Waals surface area contributed by atoms with Crippen LogP contribution >= 0.6 is 11.3 Å². The van der Waals surface area contributed by atoms with Gasteiger partial charge in [0.1, 0.15) is 4.21 Å². The summed E-state index contributed by atoms with van der Waals surface area (Å²) < 4.78 is 26.1. The third-order valence-electron chi connectivity index (χ3n) is 2.22. The Labute approximate surface area is 113 Å². The Morgan fingerprint density at radius 3 is 2.58 bits per heavy atom. The molecule has 19 heavy (non-hydrogen) atoms. The molecule has 0 amide bonds. The molecule has 1 heterocycles. The van der Waals surface area contributed by atoms with Crippen LogP contribution in [0.5, 0.6) is 5.75 Å². The zero-order chi connectivity index (χ0) is 14.0. The molecule has 2 aromatic rings. The number of carboxylic acids is 1. The second-order valence-electron chi connectivity index (χ2n) is 3.55. The van der Waals surface area contributed by atoms with Crippen LogP contribution in [0.3, 0.4) is 0 Å². The van der Waals surface area contributed by atoms with Crippen molar-refractivity contribution in [3.8, 4) is 5.75 Å². The van der Waals surface area contributed by atoms with Gasteiger partial charge in [0.25, 0.3) is 10.0 Å². The van der Waals surface area contributed by atoms with E-state index in [4.69, 9.17) is 5.11 Å². The number of carboxylic acid groups (broad SMARTS) is 1. The molecule has 1 aromatic carbocycles. The second-order valence-corrected chi connectivity index (χ2v) is 6.41. The Hall–Kier alpha value is -2.06. The number of nitrogens with one attached hydrogen (secondary N) is 1. The molecule has 0 aliphatic carbocycles. The zero-order valence-corrected chi connectivity index (χ0v) is 11.0. The highest BCUT2D eigenvalue weighted by atomic mass is 32.2. The Kier molecular flexibility index (Phi) is 3.45. The zero-order valence-electron chi connectivity index (χ0n) is 9.36. The lowest BCUT2D eigenvalue weighted by atomic mass is 10.2. The molecule has 0 saturated heterocycles. The van der Waals surface area contributed by atoms with Crippen molar-refractivity contribution >= 4 is 33.0 Å². The normalized spacial score (nSPS) is 11.2. The van der Waals surface area contributed by atoms with Gasteiger partial charge in [-0.1, -0.05) is 11.8 Å². The van der Waals surface area contributed by atoms with E-state index in [1.807, 2.05) is 0 Å². The monoisotopic (exact) mass is 298 g/mol. The molecular formula is C11H8NO5S2-. The van der Waals surface area contributed by atoms with Crippen molar-refractivity contribution in [1.82, 2.24) is 0 Å². The average molecular weight is 298 g/mol. The van der Waals surface area contributed by atoms with Gasteiger partial charge in [0.2, 0.25) is 0 Å². The minimum Gasteiger partial charge on any atom is -0.872 e. The fourth-order valence-corrected chi connectivity index (χ4v) is 3.43. The van der Waals surface area contributed by atoms with E-state index in [1.165, 1.54) is 12.1 Å². The van der Waals surface area contributed by atoms with E-state index in [0.29, 0.717) is 0 Å². The summed E-state index contributed by atoms with van der Waals surface area (Å²) >= 11 is 1.04. The minimum atomic E-state index is -3.74. The lowest BCUT2D eigenvalue weighted by Crippen LogP contribution is -2.12. The van der Waals surface area contributed by atoms with Crippen molar-refractivity contribution in [2.24, 2.45) is 0 Å². The SMILES string of the molecule is O=C(O)c1ccc(NS(=O)(=O)c2cccs2)cc1[O-]. The Balaban J connectivity index is 2.30. The first-order valence-corrected chi connectivity index (χ1v) is 7.37. The molecule has 0 fully saturated rings. The lowest BCUT2D eigenvalue weighted by Gasteiger charge is -2.13. The van der Waals surface area contributed by atoms with Gasteiger partial charge in [-0.05, 0) is 29.6 Å². The van der Waals surface area contributed by atoms with Gasteiger partial charge in [-0.25, -0.2) is 13.2 Å². The molecule has 2 rings (SSSR count). The summed E-state index contributed by atoms with van der Waals surface area (Å²) in [4.78, 5) is 10.7. The fraction of sp³-hybridized carbons (Fsp3) is 0. The molecule has 0 atom stereocenters.